The molecule has 0 saturated heterocycles. The zero-order valence-corrected chi connectivity index (χ0v) is 20.5. The number of benzene rings is 3. The normalized spacial score (nSPS) is 9.42. The van der Waals surface area contributed by atoms with Crippen LogP contribution in [0.5, 0.6) is 5.88 Å². The Balaban J connectivity index is -0.00000181. The SMILES string of the molecule is Cc1nn(-c2ccccc2)c([O-])c1/C(=N/NC(=O)c1ccccc1)c1ccccc1.O.O.O.[O-2].[O-2].[V]. The molecule has 12 heteroatoms. The minimum atomic E-state index is -0.357. The average molecular weight is 532 g/mol. The number of aromatic nitrogens is 2. The number of hydrazone groups is 1. The molecule has 1 aromatic heterocycles. The van der Waals surface area contributed by atoms with Gasteiger partial charge < -0.3 is 32.5 Å². The summed E-state index contributed by atoms with van der Waals surface area (Å²) in [6.45, 7) is 1.76. The predicted octanol–water partition coefficient (Wildman–Crippen LogP) is 0.723. The second-order valence-electron chi connectivity index (χ2n) is 6.65. The van der Waals surface area contributed by atoms with Gasteiger partial charge in [0.25, 0.3) is 5.91 Å². The fourth-order valence-electron chi connectivity index (χ4n) is 3.14. The molecule has 1 amide bonds. The standard InChI is InChI=1S/C24H20N4O2.3H2O.2O.V/c1-17-21(24(30)28(27-17)20-15-9-4-10-16-20)22(18-11-5-2-6-12-18)25-26-23(29)19-13-7-3-8-14-19;;;;;;/h2-16,30H,1H3,(H,26,29);3*1H2;;;/q;;;;2*-2;/p-1/b25-22+;;;;;;. The number of aryl methyl sites for hydroxylation is 1. The Morgan fingerprint density at radius 3 is 1.75 bits per heavy atom. The molecule has 4 aromatic rings. The van der Waals surface area contributed by atoms with Crippen molar-refractivity contribution in [1.29, 1.82) is 0 Å². The fourth-order valence-corrected chi connectivity index (χ4v) is 3.14. The summed E-state index contributed by atoms with van der Waals surface area (Å²) < 4.78 is 1.35. The van der Waals surface area contributed by atoms with E-state index in [0.29, 0.717) is 33.8 Å². The predicted molar refractivity (Wildman–Crippen MR) is 126 cm³/mol. The third kappa shape index (κ3) is 7.87. The van der Waals surface area contributed by atoms with Gasteiger partial charge in [0, 0.05) is 41.1 Å². The third-order valence-corrected chi connectivity index (χ3v) is 4.61. The van der Waals surface area contributed by atoms with E-state index in [9.17, 15) is 9.90 Å². The molecule has 36 heavy (non-hydrogen) atoms. The molecular weight excluding hydrogens is 507 g/mol. The summed E-state index contributed by atoms with van der Waals surface area (Å²) >= 11 is 0. The van der Waals surface area contributed by atoms with Gasteiger partial charge in [-0.2, -0.15) is 10.2 Å². The van der Waals surface area contributed by atoms with Crippen LogP contribution in [0.25, 0.3) is 5.69 Å². The number of hydrogen-bond acceptors (Lipinski definition) is 4. The molecule has 0 saturated carbocycles. The largest absolute Gasteiger partial charge is 2.00 e. The summed E-state index contributed by atoms with van der Waals surface area (Å²) in [4.78, 5) is 12.5. The van der Waals surface area contributed by atoms with Gasteiger partial charge in [-0.05, 0) is 31.2 Å². The van der Waals surface area contributed by atoms with Crippen molar-refractivity contribution in [3.8, 4) is 11.6 Å². The van der Waals surface area contributed by atoms with Crippen molar-refractivity contribution in [3.05, 3.63) is 113 Å². The minimum absolute atomic E-state index is 0. The molecule has 4 rings (SSSR count). The summed E-state index contributed by atoms with van der Waals surface area (Å²) in [5, 5.41) is 22.0. The Hall–Kier alpha value is -3.81. The second-order valence-corrected chi connectivity index (χ2v) is 6.65. The molecule has 11 nitrogen and oxygen atoms in total. The van der Waals surface area contributed by atoms with E-state index in [1.165, 1.54) is 4.68 Å². The van der Waals surface area contributed by atoms with E-state index in [1.54, 1.807) is 31.2 Å². The number of carbonyl (C=O) groups excluding carboxylic acids is 1. The molecule has 7 N–H and O–H groups in total. The number of rotatable bonds is 5. The molecule has 1 heterocycles. The molecule has 0 unspecified atom stereocenters. The molecule has 1 radical (unpaired) electrons. The molecule has 0 atom stereocenters. The van der Waals surface area contributed by atoms with Crippen LogP contribution in [0.4, 0.5) is 0 Å². The van der Waals surface area contributed by atoms with E-state index in [1.807, 2.05) is 66.7 Å². The van der Waals surface area contributed by atoms with Crippen LogP contribution >= 0.6 is 0 Å². The Morgan fingerprint density at radius 2 is 1.25 bits per heavy atom. The van der Waals surface area contributed by atoms with Crippen LogP contribution < -0.4 is 10.5 Å². The summed E-state index contributed by atoms with van der Waals surface area (Å²) in [5.41, 5.74) is 5.66. The van der Waals surface area contributed by atoms with Crippen molar-refractivity contribution >= 4 is 11.6 Å². The van der Waals surface area contributed by atoms with Gasteiger partial charge in [-0.15, -0.1) is 0 Å². The van der Waals surface area contributed by atoms with Crippen molar-refractivity contribution in [1.82, 2.24) is 15.2 Å². The van der Waals surface area contributed by atoms with Crippen molar-refractivity contribution < 1.29 is 55.8 Å². The number of nitrogens with one attached hydrogen (secondary N) is 1. The van der Waals surface area contributed by atoms with Gasteiger partial charge in [-0.25, -0.2) is 10.1 Å². The maximum absolute atomic E-state index is 13.2. The summed E-state index contributed by atoms with van der Waals surface area (Å²) in [6, 6.07) is 27.2. The van der Waals surface area contributed by atoms with Gasteiger partial charge in [0.1, 0.15) is 5.71 Å². The van der Waals surface area contributed by atoms with Crippen LogP contribution in [0, 0.1) is 6.92 Å². The molecule has 0 spiro atoms. The first-order valence-corrected chi connectivity index (χ1v) is 9.46. The van der Waals surface area contributed by atoms with Gasteiger partial charge in [-0.3, -0.25) is 4.79 Å². The number of para-hydroxylation sites is 1. The Kier molecular flexibility index (Phi) is 17.1. The third-order valence-electron chi connectivity index (χ3n) is 4.61. The number of hydrogen-bond donors (Lipinski definition) is 1. The van der Waals surface area contributed by atoms with Crippen LogP contribution in [0.2, 0.25) is 0 Å². The number of nitrogens with zero attached hydrogens (tertiary/aromatic N) is 3. The van der Waals surface area contributed by atoms with E-state index in [2.05, 4.69) is 15.6 Å². The number of carbonyl (C=O) groups is 1. The van der Waals surface area contributed by atoms with Crippen molar-refractivity contribution in [2.75, 3.05) is 0 Å². The van der Waals surface area contributed by atoms with E-state index in [0.717, 1.165) is 0 Å². The van der Waals surface area contributed by atoms with E-state index >= 15 is 0 Å². The van der Waals surface area contributed by atoms with Crippen LogP contribution in [-0.4, -0.2) is 37.8 Å². The van der Waals surface area contributed by atoms with Gasteiger partial charge in [0.05, 0.1) is 11.4 Å². The summed E-state index contributed by atoms with van der Waals surface area (Å²) in [6.07, 6.45) is 0. The summed E-state index contributed by atoms with van der Waals surface area (Å²) in [7, 11) is 0. The first-order chi connectivity index (χ1) is 14.6. The molecule has 0 aliphatic carbocycles. The Labute approximate surface area is 219 Å². The number of amides is 1. The smallest absolute Gasteiger partial charge is 0.271 e. The zero-order chi connectivity index (χ0) is 20.9. The van der Waals surface area contributed by atoms with E-state index in [4.69, 9.17) is 0 Å². The van der Waals surface area contributed by atoms with E-state index < -0.39 is 0 Å². The van der Waals surface area contributed by atoms with Crippen LogP contribution in [0.3, 0.4) is 0 Å². The zero-order valence-electron chi connectivity index (χ0n) is 19.1. The molecular formula is C24H25N4O7V-5. The fraction of sp³-hybridized carbons (Fsp3) is 0.0417. The Bertz CT molecular complexity index is 1210. The second kappa shape index (κ2) is 16.8. The van der Waals surface area contributed by atoms with Crippen LogP contribution in [0.1, 0.15) is 27.2 Å². The quantitative estimate of drug-likeness (QED) is 0.289. The molecule has 0 bridgehead atoms. The van der Waals surface area contributed by atoms with Gasteiger partial charge in [0.15, 0.2) is 0 Å². The van der Waals surface area contributed by atoms with Gasteiger partial charge in [-0.1, -0.05) is 66.7 Å². The van der Waals surface area contributed by atoms with Crippen molar-refractivity contribution in [3.63, 3.8) is 0 Å². The van der Waals surface area contributed by atoms with Gasteiger partial charge >= 0.3 is 0 Å². The molecule has 0 fully saturated rings. The van der Waals surface area contributed by atoms with Crippen LogP contribution in [0.15, 0.2) is 96.1 Å². The first kappa shape index (κ1) is 36.8. The maximum Gasteiger partial charge on any atom is 0.271 e. The monoisotopic (exact) mass is 532 g/mol. The van der Waals surface area contributed by atoms with Crippen LogP contribution in [-0.2, 0) is 29.5 Å². The van der Waals surface area contributed by atoms with E-state index in [-0.39, 0.29) is 57.7 Å². The maximum atomic E-state index is 13.2. The van der Waals surface area contributed by atoms with Gasteiger partial charge in [0.2, 0.25) is 0 Å². The molecule has 3 aromatic carbocycles. The average Bonchev–Trinajstić information content (AvgIpc) is 3.10. The molecule has 193 valence electrons. The minimum Gasteiger partial charge on any atom is -2.00 e. The first-order valence-electron chi connectivity index (χ1n) is 9.46. The van der Waals surface area contributed by atoms with Crippen molar-refractivity contribution in [2.24, 2.45) is 5.10 Å². The molecule has 0 aliphatic rings. The Morgan fingerprint density at radius 1 is 0.806 bits per heavy atom. The topological polar surface area (TPSA) is 234 Å². The molecule has 0 aliphatic heterocycles. The summed E-state index contributed by atoms with van der Waals surface area (Å²) in [5.74, 6) is -0.653. The van der Waals surface area contributed by atoms with Crippen molar-refractivity contribution in [2.45, 2.75) is 6.92 Å².